The summed E-state index contributed by atoms with van der Waals surface area (Å²) in [6, 6.07) is 2.96. The van der Waals surface area contributed by atoms with Gasteiger partial charge in [0.15, 0.2) is 0 Å². The number of hydrogen-bond donors (Lipinski definition) is 1. The molecule has 0 spiro atoms. The van der Waals surface area contributed by atoms with Crippen molar-refractivity contribution in [1.82, 2.24) is 0 Å². The van der Waals surface area contributed by atoms with E-state index in [1.165, 1.54) is 0 Å². The molecule has 0 saturated heterocycles. The van der Waals surface area contributed by atoms with Gasteiger partial charge in [0.2, 0.25) is 5.91 Å². The van der Waals surface area contributed by atoms with Crippen LogP contribution in [0.1, 0.15) is 39.2 Å². The van der Waals surface area contributed by atoms with Crippen molar-refractivity contribution in [2.75, 3.05) is 5.32 Å². The zero-order chi connectivity index (χ0) is 18.1. The van der Waals surface area contributed by atoms with E-state index < -0.39 is 17.2 Å². The normalized spacial score (nSPS) is 33.9. The van der Waals surface area contributed by atoms with Gasteiger partial charge in [0.05, 0.1) is 21.7 Å². The number of amides is 1. The van der Waals surface area contributed by atoms with Crippen molar-refractivity contribution in [3.05, 3.63) is 28.8 Å². The second-order valence-electron chi connectivity index (χ2n) is 7.52. The maximum absolute atomic E-state index is 13.0. The third kappa shape index (κ3) is 2.05. The molecule has 24 heavy (non-hydrogen) atoms. The zero-order valence-corrected chi connectivity index (χ0v) is 15.9. The number of alkyl halides is 4. The molecule has 4 rings (SSSR count). The summed E-state index contributed by atoms with van der Waals surface area (Å²) in [6.45, 7) is 6.23. The molecule has 3 unspecified atom stereocenters. The summed E-state index contributed by atoms with van der Waals surface area (Å²) in [6.07, 6.45) is -2.88. The van der Waals surface area contributed by atoms with Crippen LogP contribution in [0.15, 0.2) is 18.2 Å². The van der Waals surface area contributed by atoms with Crippen LogP contribution < -0.4 is 5.32 Å². The first-order valence-electron chi connectivity index (χ1n) is 7.70. The van der Waals surface area contributed by atoms with Gasteiger partial charge in [0.1, 0.15) is 0 Å². The van der Waals surface area contributed by atoms with Crippen LogP contribution in [-0.2, 0) is 11.0 Å². The van der Waals surface area contributed by atoms with Crippen LogP contribution in [0.5, 0.6) is 0 Å². The third-order valence-electron chi connectivity index (χ3n) is 6.52. The highest BCUT2D eigenvalue weighted by atomic mass is 79.9. The van der Waals surface area contributed by atoms with Crippen molar-refractivity contribution in [3.8, 4) is 0 Å². The Morgan fingerprint density at radius 1 is 1.29 bits per heavy atom. The lowest BCUT2D eigenvalue weighted by Crippen LogP contribution is -2.68. The summed E-state index contributed by atoms with van der Waals surface area (Å²) in [5.41, 5.74) is -1.71. The summed E-state index contributed by atoms with van der Waals surface area (Å²) >= 11 is 9.64. The Labute approximate surface area is 152 Å². The molecular weight excluding hydrogens is 407 g/mol. The minimum atomic E-state index is -4.48. The van der Waals surface area contributed by atoms with Crippen LogP contribution in [0.3, 0.4) is 0 Å². The molecular formula is C17H18BrClF3NO. The zero-order valence-electron chi connectivity index (χ0n) is 13.5. The number of rotatable bonds is 2. The van der Waals surface area contributed by atoms with Crippen LogP contribution in [0.2, 0.25) is 5.02 Å². The summed E-state index contributed by atoms with van der Waals surface area (Å²) in [5, 5.41) is 2.74. The Morgan fingerprint density at radius 2 is 1.92 bits per heavy atom. The first-order chi connectivity index (χ1) is 10.9. The lowest BCUT2D eigenvalue weighted by Gasteiger charge is -2.64. The van der Waals surface area contributed by atoms with Crippen molar-refractivity contribution in [2.24, 2.45) is 16.2 Å². The monoisotopic (exact) mass is 423 g/mol. The molecule has 2 nitrogen and oxygen atoms in total. The largest absolute Gasteiger partial charge is 0.416 e. The Balaban J connectivity index is 1.92. The lowest BCUT2D eigenvalue weighted by atomic mass is 9.43. The van der Waals surface area contributed by atoms with Gasteiger partial charge in [-0.05, 0) is 41.9 Å². The molecule has 1 N–H and O–H groups in total. The average molecular weight is 425 g/mol. The molecule has 3 aliphatic carbocycles. The minimum absolute atomic E-state index is 0.00173. The van der Waals surface area contributed by atoms with E-state index in [-0.39, 0.29) is 32.3 Å². The molecule has 132 valence electrons. The Kier molecular flexibility index (Phi) is 3.86. The van der Waals surface area contributed by atoms with Crippen molar-refractivity contribution in [2.45, 2.75) is 44.6 Å². The van der Waals surface area contributed by atoms with E-state index in [1.54, 1.807) is 0 Å². The van der Waals surface area contributed by atoms with E-state index in [0.717, 1.165) is 24.6 Å². The molecule has 0 aromatic heterocycles. The molecule has 2 bridgehead atoms. The van der Waals surface area contributed by atoms with E-state index in [4.69, 9.17) is 11.6 Å². The van der Waals surface area contributed by atoms with Gasteiger partial charge >= 0.3 is 6.18 Å². The highest BCUT2D eigenvalue weighted by Gasteiger charge is 2.80. The molecule has 1 aromatic rings. The number of nitrogens with one attached hydrogen (secondary N) is 1. The first kappa shape index (κ1) is 18.1. The topological polar surface area (TPSA) is 29.1 Å². The van der Waals surface area contributed by atoms with E-state index in [0.29, 0.717) is 6.42 Å². The van der Waals surface area contributed by atoms with Crippen LogP contribution in [0.4, 0.5) is 18.9 Å². The molecule has 7 heteroatoms. The van der Waals surface area contributed by atoms with Gasteiger partial charge in [0, 0.05) is 4.83 Å². The minimum Gasteiger partial charge on any atom is -0.324 e. The van der Waals surface area contributed by atoms with E-state index in [1.807, 2.05) is 13.8 Å². The fourth-order valence-corrected chi connectivity index (χ4v) is 6.46. The second kappa shape index (κ2) is 5.13. The summed E-state index contributed by atoms with van der Waals surface area (Å²) < 4.78 is 38.7. The molecule has 3 aliphatic rings. The van der Waals surface area contributed by atoms with Crippen LogP contribution >= 0.6 is 27.5 Å². The van der Waals surface area contributed by atoms with Crippen molar-refractivity contribution < 1.29 is 18.0 Å². The summed E-state index contributed by atoms with van der Waals surface area (Å²) in [4.78, 5) is 13.0. The molecule has 0 heterocycles. The quantitative estimate of drug-likeness (QED) is 0.590. The van der Waals surface area contributed by atoms with Gasteiger partial charge in [-0.2, -0.15) is 13.2 Å². The molecule has 1 amide bonds. The predicted molar refractivity (Wildman–Crippen MR) is 91.4 cm³/mol. The second-order valence-corrected chi connectivity index (χ2v) is 8.85. The van der Waals surface area contributed by atoms with Crippen LogP contribution in [-0.4, -0.2) is 10.7 Å². The SMILES string of the molecule is CC12CCC(C(=O)Nc3cc(C(F)(F)F)ccc3Cl)(C1Br)C2(C)C. The highest BCUT2D eigenvalue weighted by molar-refractivity contribution is 9.09. The summed E-state index contributed by atoms with van der Waals surface area (Å²) in [5.74, 6) is -0.273. The fraction of sp³-hybridized carbons (Fsp3) is 0.588. The number of hydrogen-bond acceptors (Lipinski definition) is 1. The number of halogens is 5. The fourth-order valence-electron chi connectivity index (χ4n) is 4.49. The number of benzene rings is 1. The van der Waals surface area contributed by atoms with E-state index >= 15 is 0 Å². The van der Waals surface area contributed by atoms with Gasteiger partial charge in [-0.1, -0.05) is 48.3 Å². The third-order valence-corrected chi connectivity index (χ3v) is 8.64. The highest BCUT2D eigenvalue weighted by Crippen LogP contribution is 2.79. The van der Waals surface area contributed by atoms with Crippen molar-refractivity contribution in [1.29, 1.82) is 0 Å². The standard InChI is InChI=1S/C17H18BrClF3NO/c1-14(2)15(3)6-7-16(14,12(15)18)13(24)23-11-8-9(17(20,21)22)4-5-10(11)19/h4-5,8,12H,6-7H2,1-3H3,(H,23,24). The number of carbonyl (C=O) groups is 1. The Hall–Kier alpha value is -0.750. The molecule has 0 radical (unpaired) electrons. The number of carbonyl (C=O) groups excluding carboxylic acids is 1. The molecule has 1 aromatic carbocycles. The molecule has 0 aliphatic heterocycles. The van der Waals surface area contributed by atoms with Crippen molar-refractivity contribution in [3.63, 3.8) is 0 Å². The van der Waals surface area contributed by atoms with Gasteiger partial charge in [-0.3, -0.25) is 4.79 Å². The smallest absolute Gasteiger partial charge is 0.324 e. The Bertz CT molecular complexity index is 720. The van der Waals surface area contributed by atoms with Crippen LogP contribution in [0, 0.1) is 16.2 Å². The maximum Gasteiger partial charge on any atom is 0.416 e. The van der Waals surface area contributed by atoms with Crippen molar-refractivity contribution >= 4 is 39.1 Å². The molecule has 3 saturated carbocycles. The number of fused-ring (bicyclic) bond motifs is 1. The molecule has 3 fully saturated rings. The first-order valence-corrected chi connectivity index (χ1v) is 8.99. The van der Waals surface area contributed by atoms with E-state index in [9.17, 15) is 18.0 Å². The van der Waals surface area contributed by atoms with Gasteiger partial charge < -0.3 is 5.32 Å². The lowest BCUT2D eigenvalue weighted by molar-refractivity contribution is -0.156. The average Bonchev–Trinajstić information content (AvgIpc) is 2.87. The van der Waals surface area contributed by atoms with Gasteiger partial charge in [-0.25, -0.2) is 0 Å². The Morgan fingerprint density at radius 3 is 2.38 bits per heavy atom. The number of anilines is 1. The van der Waals surface area contributed by atoms with Crippen LogP contribution in [0.25, 0.3) is 0 Å². The van der Waals surface area contributed by atoms with Gasteiger partial charge in [0.25, 0.3) is 0 Å². The summed E-state index contributed by atoms with van der Waals surface area (Å²) in [7, 11) is 0. The maximum atomic E-state index is 13.0. The van der Waals surface area contributed by atoms with Gasteiger partial charge in [-0.15, -0.1) is 0 Å². The molecule has 3 atom stereocenters. The van der Waals surface area contributed by atoms with E-state index in [2.05, 4.69) is 28.2 Å². The predicted octanol–water partition coefficient (Wildman–Crippen LogP) is 5.89.